The van der Waals surface area contributed by atoms with E-state index in [4.69, 9.17) is 0 Å². The Morgan fingerprint density at radius 3 is 2.82 bits per heavy atom. The molecule has 1 saturated heterocycles. The van der Waals surface area contributed by atoms with Crippen molar-refractivity contribution in [2.24, 2.45) is 11.8 Å². The third kappa shape index (κ3) is 2.97. The summed E-state index contributed by atoms with van der Waals surface area (Å²) in [5, 5.41) is 3.41. The van der Waals surface area contributed by atoms with Gasteiger partial charge in [0, 0.05) is 18.8 Å². The van der Waals surface area contributed by atoms with Crippen molar-refractivity contribution in [3.8, 4) is 0 Å². The Morgan fingerprint density at radius 1 is 1.41 bits per heavy atom. The highest BCUT2D eigenvalue weighted by Gasteiger charge is 2.24. The second-order valence-corrected chi connectivity index (χ2v) is 4.91. The highest BCUT2D eigenvalue weighted by atomic mass is 19.1. The van der Waals surface area contributed by atoms with Gasteiger partial charge < -0.3 is 10.2 Å². The summed E-state index contributed by atoms with van der Waals surface area (Å²) in [6.45, 7) is 8.52. The Kier molecular flexibility index (Phi) is 4.00. The summed E-state index contributed by atoms with van der Waals surface area (Å²) in [5.41, 5.74) is 0.992. The first kappa shape index (κ1) is 12.4. The van der Waals surface area contributed by atoms with Crippen LogP contribution in [0.3, 0.4) is 0 Å². The lowest BCUT2D eigenvalue weighted by Crippen LogP contribution is -2.32. The van der Waals surface area contributed by atoms with E-state index >= 15 is 0 Å². The van der Waals surface area contributed by atoms with Crippen LogP contribution in [0.5, 0.6) is 0 Å². The average molecular weight is 236 g/mol. The number of anilines is 1. The van der Waals surface area contributed by atoms with Crippen molar-refractivity contribution in [3.05, 3.63) is 30.1 Å². The van der Waals surface area contributed by atoms with Crippen LogP contribution in [-0.2, 0) is 0 Å². The highest BCUT2D eigenvalue weighted by Crippen LogP contribution is 2.22. The van der Waals surface area contributed by atoms with E-state index < -0.39 is 0 Å². The molecule has 1 N–H and O–H groups in total. The summed E-state index contributed by atoms with van der Waals surface area (Å²) < 4.78 is 13.2. The molecular weight excluding hydrogens is 215 g/mol. The van der Waals surface area contributed by atoms with Crippen molar-refractivity contribution in [1.82, 2.24) is 5.32 Å². The molecule has 0 amide bonds. The van der Waals surface area contributed by atoms with Crippen LogP contribution in [0, 0.1) is 17.7 Å². The molecule has 1 heterocycles. The van der Waals surface area contributed by atoms with Crippen LogP contribution in [0.25, 0.3) is 0 Å². The Labute approximate surface area is 103 Å². The zero-order valence-electron chi connectivity index (χ0n) is 10.6. The van der Waals surface area contributed by atoms with Gasteiger partial charge in [0.05, 0.1) is 0 Å². The molecule has 1 aromatic rings. The minimum atomic E-state index is -0.154. The monoisotopic (exact) mass is 236 g/mol. The van der Waals surface area contributed by atoms with Crippen molar-refractivity contribution in [3.63, 3.8) is 0 Å². The first-order valence-corrected chi connectivity index (χ1v) is 6.42. The van der Waals surface area contributed by atoms with Crippen molar-refractivity contribution >= 4 is 5.69 Å². The van der Waals surface area contributed by atoms with Crippen LogP contribution in [-0.4, -0.2) is 26.2 Å². The lowest BCUT2D eigenvalue weighted by Gasteiger charge is -2.28. The van der Waals surface area contributed by atoms with Crippen LogP contribution in [0.1, 0.15) is 13.8 Å². The van der Waals surface area contributed by atoms with Gasteiger partial charge in [-0.15, -0.1) is 0 Å². The molecule has 94 valence electrons. The zero-order chi connectivity index (χ0) is 12.3. The molecule has 0 saturated carbocycles. The molecule has 1 aliphatic rings. The van der Waals surface area contributed by atoms with Gasteiger partial charge in [0.25, 0.3) is 0 Å². The largest absolute Gasteiger partial charge is 0.371 e. The van der Waals surface area contributed by atoms with Gasteiger partial charge in [0.15, 0.2) is 0 Å². The van der Waals surface area contributed by atoms with Gasteiger partial charge in [0.2, 0.25) is 0 Å². The number of hydrogen-bond donors (Lipinski definition) is 1. The van der Waals surface area contributed by atoms with E-state index in [9.17, 15) is 4.39 Å². The zero-order valence-corrected chi connectivity index (χ0v) is 10.6. The van der Waals surface area contributed by atoms with Crippen LogP contribution in [0.2, 0.25) is 0 Å². The second-order valence-electron chi connectivity index (χ2n) is 4.91. The number of nitrogens with one attached hydrogen (secondary N) is 1. The summed E-state index contributed by atoms with van der Waals surface area (Å²) in [7, 11) is 0. The topological polar surface area (TPSA) is 15.3 Å². The van der Waals surface area contributed by atoms with Crippen molar-refractivity contribution in [2.75, 3.05) is 31.1 Å². The van der Waals surface area contributed by atoms with E-state index in [1.165, 1.54) is 6.07 Å². The first-order valence-electron chi connectivity index (χ1n) is 6.42. The standard InChI is InChI=1S/C14H21FN2/c1-3-17(10-12-9-16-8-11(12)2)14-6-4-5-13(15)7-14/h4-7,11-12,16H,3,8-10H2,1-2H3/t11-,12+/m1/s1. The molecule has 1 fully saturated rings. The van der Waals surface area contributed by atoms with Gasteiger partial charge >= 0.3 is 0 Å². The molecule has 0 aliphatic carbocycles. The molecule has 0 spiro atoms. The smallest absolute Gasteiger partial charge is 0.125 e. The molecule has 17 heavy (non-hydrogen) atoms. The average Bonchev–Trinajstić information content (AvgIpc) is 2.71. The maximum atomic E-state index is 13.2. The Bertz CT molecular complexity index is 367. The van der Waals surface area contributed by atoms with E-state index in [2.05, 4.69) is 24.1 Å². The number of halogens is 1. The summed E-state index contributed by atoms with van der Waals surface area (Å²) in [6.07, 6.45) is 0. The van der Waals surface area contributed by atoms with Crippen LogP contribution < -0.4 is 10.2 Å². The van der Waals surface area contributed by atoms with Crippen molar-refractivity contribution in [1.29, 1.82) is 0 Å². The van der Waals surface area contributed by atoms with Crippen LogP contribution in [0.4, 0.5) is 10.1 Å². The van der Waals surface area contributed by atoms with Gasteiger partial charge in [0.1, 0.15) is 5.82 Å². The van der Waals surface area contributed by atoms with Crippen molar-refractivity contribution < 1.29 is 4.39 Å². The first-order chi connectivity index (χ1) is 8.20. The molecule has 0 unspecified atom stereocenters. The van der Waals surface area contributed by atoms with Crippen LogP contribution in [0.15, 0.2) is 24.3 Å². The molecule has 1 aliphatic heterocycles. The predicted octanol–water partition coefficient (Wildman–Crippen LogP) is 2.51. The van der Waals surface area contributed by atoms with Gasteiger partial charge in [-0.3, -0.25) is 0 Å². The number of nitrogens with zero attached hydrogens (tertiary/aromatic N) is 1. The fraction of sp³-hybridized carbons (Fsp3) is 0.571. The normalized spacial score (nSPS) is 23.9. The maximum Gasteiger partial charge on any atom is 0.125 e. The Balaban J connectivity index is 2.06. The van der Waals surface area contributed by atoms with E-state index in [1.54, 1.807) is 12.1 Å². The van der Waals surface area contributed by atoms with E-state index in [0.717, 1.165) is 31.9 Å². The fourth-order valence-corrected chi connectivity index (χ4v) is 2.48. The van der Waals surface area contributed by atoms with Gasteiger partial charge in [-0.25, -0.2) is 4.39 Å². The molecule has 2 rings (SSSR count). The minimum Gasteiger partial charge on any atom is -0.371 e. The summed E-state index contributed by atoms with van der Waals surface area (Å²) >= 11 is 0. The van der Waals surface area contributed by atoms with E-state index in [1.807, 2.05) is 6.07 Å². The lowest BCUT2D eigenvalue weighted by molar-refractivity contribution is 0.449. The third-order valence-electron chi connectivity index (χ3n) is 3.69. The quantitative estimate of drug-likeness (QED) is 0.864. The highest BCUT2D eigenvalue weighted by molar-refractivity contribution is 5.46. The lowest BCUT2D eigenvalue weighted by atomic mass is 9.97. The molecule has 0 radical (unpaired) electrons. The molecule has 0 bridgehead atoms. The Hall–Kier alpha value is -1.09. The molecule has 1 aromatic carbocycles. The Morgan fingerprint density at radius 2 is 2.24 bits per heavy atom. The third-order valence-corrected chi connectivity index (χ3v) is 3.69. The van der Waals surface area contributed by atoms with Crippen LogP contribution >= 0.6 is 0 Å². The fourth-order valence-electron chi connectivity index (χ4n) is 2.48. The molecule has 2 nitrogen and oxygen atoms in total. The number of rotatable bonds is 4. The molecular formula is C14H21FN2. The van der Waals surface area contributed by atoms with Crippen molar-refractivity contribution in [2.45, 2.75) is 13.8 Å². The summed E-state index contributed by atoms with van der Waals surface area (Å²) in [5.74, 6) is 1.22. The number of benzene rings is 1. The second kappa shape index (κ2) is 5.50. The van der Waals surface area contributed by atoms with Gasteiger partial charge in [-0.2, -0.15) is 0 Å². The minimum absolute atomic E-state index is 0.154. The summed E-state index contributed by atoms with van der Waals surface area (Å²) in [6, 6.07) is 6.89. The molecule has 0 aromatic heterocycles. The van der Waals surface area contributed by atoms with E-state index in [0.29, 0.717) is 11.8 Å². The van der Waals surface area contributed by atoms with Gasteiger partial charge in [-0.1, -0.05) is 13.0 Å². The molecule has 2 atom stereocenters. The molecule has 3 heteroatoms. The number of hydrogen-bond acceptors (Lipinski definition) is 2. The van der Waals surface area contributed by atoms with E-state index in [-0.39, 0.29) is 5.82 Å². The maximum absolute atomic E-state index is 13.2. The van der Waals surface area contributed by atoms with Gasteiger partial charge in [-0.05, 0) is 50.0 Å². The SMILES string of the molecule is CCN(C[C@@H]1CNC[C@H]1C)c1cccc(F)c1. The predicted molar refractivity (Wildman–Crippen MR) is 69.8 cm³/mol. The summed E-state index contributed by atoms with van der Waals surface area (Å²) in [4.78, 5) is 2.26.